The lowest BCUT2D eigenvalue weighted by Gasteiger charge is -2.36. The Balaban J connectivity index is 1.83. The number of hydrogen-bond acceptors (Lipinski definition) is 3. The van der Waals surface area contributed by atoms with Crippen molar-refractivity contribution in [3.05, 3.63) is 29.3 Å². The number of unbranched alkanes of at least 4 members (excludes halogenated alkanes) is 1. The molecule has 1 heterocycles. The number of nitrogens with zero attached hydrogens (tertiary/aromatic N) is 2. The van der Waals surface area contributed by atoms with Crippen LogP contribution in [0.1, 0.15) is 30.9 Å². The molecule has 23 heavy (non-hydrogen) atoms. The fourth-order valence-electron chi connectivity index (χ4n) is 2.86. The predicted molar refractivity (Wildman–Crippen MR) is 100 cm³/mol. The average Bonchev–Trinajstić information content (AvgIpc) is 2.56. The molecule has 128 valence electrons. The van der Waals surface area contributed by atoms with Crippen molar-refractivity contribution in [3.63, 3.8) is 0 Å². The van der Waals surface area contributed by atoms with Crippen LogP contribution in [0.25, 0.3) is 0 Å². The first-order valence-corrected chi connectivity index (χ1v) is 8.93. The zero-order valence-corrected chi connectivity index (χ0v) is 15.4. The Hall–Kier alpha value is -1.33. The van der Waals surface area contributed by atoms with Gasteiger partial charge in [-0.3, -0.25) is 4.90 Å². The van der Waals surface area contributed by atoms with Gasteiger partial charge in [0.05, 0.1) is 7.11 Å². The molecule has 0 atom stereocenters. The van der Waals surface area contributed by atoms with Crippen molar-refractivity contribution in [2.24, 2.45) is 0 Å². The van der Waals surface area contributed by atoms with Gasteiger partial charge in [-0.15, -0.1) is 0 Å². The zero-order valence-electron chi connectivity index (χ0n) is 14.6. The molecule has 0 aromatic heterocycles. The van der Waals surface area contributed by atoms with Crippen molar-refractivity contribution < 1.29 is 4.74 Å². The summed E-state index contributed by atoms with van der Waals surface area (Å²) in [7, 11) is 1.74. The summed E-state index contributed by atoms with van der Waals surface area (Å²) >= 11 is 5.49. The lowest BCUT2D eigenvalue weighted by atomic mass is 10.1. The maximum Gasteiger partial charge on any atom is 0.169 e. The first-order valence-electron chi connectivity index (χ1n) is 8.52. The number of ether oxygens (including phenoxy) is 1. The summed E-state index contributed by atoms with van der Waals surface area (Å²) in [5.74, 6) is 0.981. The van der Waals surface area contributed by atoms with Crippen LogP contribution >= 0.6 is 12.2 Å². The van der Waals surface area contributed by atoms with E-state index in [4.69, 9.17) is 17.0 Å². The van der Waals surface area contributed by atoms with E-state index in [-0.39, 0.29) is 0 Å². The van der Waals surface area contributed by atoms with Gasteiger partial charge in [-0.1, -0.05) is 31.0 Å². The Morgan fingerprint density at radius 1 is 1.26 bits per heavy atom. The predicted octanol–water partition coefficient (Wildman–Crippen LogP) is 2.80. The van der Waals surface area contributed by atoms with Crippen LogP contribution in [0.2, 0.25) is 0 Å². The van der Waals surface area contributed by atoms with Crippen molar-refractivity contribution in [2.45, 2.75) is 33.2 Å². The molecule has 0 bridgehead atoms. The first-order chi connectivity index (χ1) is 11.1. The molecule has 1 aromatic carbocycles. The minimum absolute atomic E-state index is 0.909. The number of nitrogens with one attached hydrogen (secondary N) is 1. The summed E-state index contributed by atoms with van der Waals surface area (Å²) in [5.41, 5.74) is 2.55. The standard InChI is InChI=1S/C18H29N3OS/c1-4-5-8-19-18(23)21-11-9-20(10-12-21)14-16-13-15(2)6-7-17(16)22-3/h6-7,13H,4-5,8-12,14H2,1-3H3,(H,19,23). The second-order valence-corrected chi connectivity index (χ2v) is 6.55. The molecule has 0 aliphatic carbocycles. The fraction of sp³-hybridized carbons (Fsp3) is 0.611. The molecule has 0 amide bonds. The van der Waals surface area contributed by atoms with Crippen LogP contribution in [-0.2, 0) is 6.54 Å². The van der Waals surface area contributed by atoms with Crippen molar-refractivity contribution in [2.75, 3.05) is 39.8 Å². The van der Waals surface area contributed by atoms with E-state index in [0.717, 1.165) is 50.1 Å². The summed E-state index contributed by atoms with van der Waals surface area (Å²) in [6, 6.07) is 6.39. The smallest absolute Gasteiger partial charge is 0.169 e. The Morgan fingerprint density at radius 2 is 2.00 bits per heavy atom. The average molecular weight is 336 g/mol. The van der Waals surface area contributed by atoms with E-state index in [2.05, 4.69) is 47.2 Å². The van der Waals surface area contributed by atoms with E-state index in [9.17, 15) is 0 Å². The second kappa shape index (κ2) is 9.08. The number of thiocarbonyl (C=S) groups is 1. The van der Waals surface area contributed by atoms with Gasteiger partial charge in [-0.05, 0) is 31.6 Å². The number of methoxy groups -OCH3 is 1. The van der Waals surface area contributed by atoms with Crippen molar-refractivity contribution >= 4 is 17.3 Å². The Bertz CT molecular complexity index is 513. The minimum atomic E-state index is 0.909. The molecular formula is C18H29N3OS. The quantitative estimate of drug-likeness (QED) is 0.637. The molecule has 0 saturated carbocycles. The lowest BCUT2D eigenvalue weighted by molar-refractivity contribution is 0.173. The largest absolute Gasteiger partial charge is 0.496 e. The summed E-state index contributed by atoms with van der Waals surface area (Å²) < 4.78 is 5.49. The molecule has 1 aromatic rings. The monoisotopic (exact) mass is 335 g/mol. The number of aryl methyl sites for hydroxylation is 1. The SMILES string of the molecule is CCCCNC(=S)N1CCN(Cc2cc(C)ccc2OC)CC1. The van der Waals surface area contributed by atoms with E-state index in [0.29, 0.717) is 0 Å². The molecule has 4 nitrogen and oxygen atoms in total. The van der Waals surface area contributed by atoms with E-state index in [1.165, 1.54) is 24.0 Å². The first kappa shape index (κ1) is 18.0. The van der Waals surface area contributed by atoms with Crippen LogP contribution in [0.15, 0.2) is 18.2 Å². The third-order valence-corrected chi connectivity index (χ3v) is 4.70. The fourth-order valence-corrected chi connectivity index (χ4v) is 3.15. The van der Waals surface area contributed by atoms with E-state index in [1.807, 2.05) is 0 Å². The molecule has 0 unspecified atom stereocenters. The van der Waals surface area contributed by atoms with E-state index in [1.54, 1.807) is 7.11 Å². The highest BCUT2D eigenvalue weighted by atomic mass is 32.1. The van der Waals surface area contributed by atoms with E-state index < -0.39 is 0 Å². The highest BCUT2D eigenvalue weighted by molar-refractivity contribution is 7.80. The van der Waals surface area contributed by atoms with Crippen molar-refractivity contribution in [1.82, 2.24) is 15.1 Å². The molecule has 1 aliphatic heterocycles. The van der Waals surface area contributed by atoms with Crippen LogP contribution in [0.5, 0.6) is 5.75 Å². The summed E-state index contributed by atoms with van der Waals surface area (Å²) in [6.45, 7) is 10.3. The maximum atomic E-state index is 5.49. The minimum Gasteiger partial charge on any atom is -0.496 e. The number of hydrogen-bond donors (Lipinski definition) is 1. The highest BCUT2D eigenvalue weighted by Crippen LogP contribution is 2.22. The Kier molecular flexibility index (Phi) is 7.12. The molecule has 0 radical (unpaired) electrons. The van der Waals surface area contributed by atoms with Gasteiger partial charge in [-0.25, -0.2) is 0 Å². The molecule has 2 rings (SSSR count). The van der Waals surface area contributed by atoms with Crippen molar-refractivity contribution in [1.29, 1.82) is 0 Å². The zero-order chi connectivity index (χ0) is 16.7. The van der Waals surface area contributed by atoms with Gasteiger partial charge >= 0.3 is 0 Å². The lowest BCUT2D eigenvalue weighted by Crippen LogP contribution is -2.51. The third kappa shape index (κ3) is 5.36. The van der Waals surface area contributed by atoms with Crippen LogP contribution in [0.4, 0.5) is 0 Å². The van der Waals surface area contributed by atoms with Crippen LogP contribution in [0, 0.1) is 6.92 Å². The van der Waals surface area contributed by atoms with Crippen LogP contribution in [-0.4, -0.2) is 54.7 Å². The van der Waals surface area contributed by atoms with Crippen LogP contribution < -0.4 is 10.1 Å². The summed E-state index contributed by atoms with van der Waals surface area (Å²) in [5, 5.41) is 4.27. The van der Waals surface area contributed by atoms with Gasteiger partial charge in [0.25, 0.3) is 0 Å². The van der Waals surface area contributed by atoms with Gasteiger partial charge in [0.1, 0.15) is 5.75 Å². The third-order valence-electron chi connectivity index (χ3n) is 4.30. The number of piperazine rings is 1. The number of benzene rings is 1. The van der Waals surface area contributed by atoms with Crippen LogP contribution in [0.3, 0.4) is 0 Å². The van der Waals surface area contributed by atoms with Gasteiger partial charge in [0, 0.05) is 44.8 Å². The van der Waals surface area contributed by atoms with Gasteiger partial charge in [-0.2, -0.15) is 0 Å². The molecule has 1 N–H and O–H groups in total. The normalized spacial score (nSPS) is 15.5. The number of rotatable bonds is 6. The molecule has 1 aliphatic rings. The Labute approximate surface area is 145 Å². The Morgan fingerprint density at radius 3 is 2.65 bits per heavy atom. The molecule has 0 spiro atoms. The van der Waals surface area contributed by atoms with Gasteiger partial charge in [0.2, 0.25) is 0 Å². The van der Waals surface area contributed by atoms with Gasteiger partial charge < -0.3 is 15.0 Å². The molecule has 1 fully saturated rings. The summed E-state index contributed by atoms with van der Waals surface area (Å²) in [4.78, 5) is 4.76. The molecular weight excluding hydrogens is 306 g/mol. The highest BCUT2D eigenvalue weighted by Gasteiger charge is 2.19. The second-order valence-electron chi connectivity index (χ2n) is 6.16. The van der Waals surface area contributed by atoms with Gasteiger partial charge in [0.15, 0.2) is 5.11 Å². The van der Waals surface area contributed by atoms with Crippen molar-refractivity contribution in [3.8, 4) is 5.75 Å². The summed E-state index contributed by atoms with van der Waals surface area (Å²) in [6.07, 6.45) is 2.37. The molecule has 1 saturated heterocycles. The topological polar surface area (TPSA) is 27.7 Å². The molecule has 5 heteroatoms. The maximum absolute atomic E-state index is 5.49. The van der Waals surface area contributed by atoms with E-state index >= 15 is 0 Å².